The molecule has 0 amide bonds. The lowest BCUT2D eigenvalue weighted by molar-refractivity contribution is 0.0697. The molecular formula is C21H14Br2O2. The first-order valence-corrected chi connectivity index (χ1v) is 9.60. The zero-order valence-corrected chi connectivity index (χ0v) is 16.3. The average molecular weight is 458 g/mol. The van der Waals surface area contributed by atoms with Crippen molar-refractivity contribution in [1.29, 1.82) is 0 Å². The maximum absolute atomic E-state index is 11.1. The van der Waals surface area contributed by atoms with Crippen LogP contribution in [0.3, 0.4) is 0 Å². The first kappa shape index (κ1) is 16.6. The fraction of sp³-hybridized carbons (Fsp3) is 0.0952. The van der Waals surface area contributed by atoms with Gasteiger partial charge in [0.15, 0.2) is 0 Å². The van der Waals surface area contributed by atoms with Crippen molar-refractivity contribution in [3.05, 3.63) is 95.1 Å². The lowest BCUT2D eigenvalue weighted by Gasteiger charge is -2.31. The summed E-state index contributed by atoms with van der Waals surface area (Å²) in [5.74, 6) is -0.914. The van der Waals surface area contributed by atoms with Crippen LogP contribution in [-0.4, -0.2) is 11.1 Å². The van der Waals surface area contributed by atoms with Crippen LogP contribution in [0.15, 0.2) is 72.8 Å². The van der Waals surface area contributed by atoms with Gasteiger partial charge in [0.2, 0.25) is 0 Å². The number of fused-ring (bicyclic) bond motifs is 3. The molecular weight excluding hydrogens is 444 g/mol. The van der Waals surface area contributed by atoms with Crippen molar-refractivity contribution >= 4 is 37.8 Å². The predicted molar refractivity (Wildman–Crippen MR) is 107 cm³/mol. The van der Waals surface area contributed by atoms with Crippen molar-refractivity contribution in [3.8, 4) is 11.1 Å². The number of halogens is 2. The largest absolute Gasteiger partial charge is 0.478 e. The normalized spacial score (nSPS) is 15.3. The Balaban J connectivity index is 1.87. The molecule has 3 aromatic rings. The summed E-state index contributed by atoms with van der Waals surface area (Å²) in [5, 5.41) is 9.12. The molecule has 0 spiro atoms. The van der Waals surface area contributed by atoms with E-state index in [1.165, 1.54) is 22.3 Å². The average Bonchev–Trinajstić information content (AvgIpc) is 2.92. The second-order valence-electron chi connectivity index (χ2n) is 6.09. The zero-order chi connectivity index (χ0) is 17.6. The van der Waals surface area contributed by atoms with Gasteiger partial charge in [-0.15, -0.1) is 0 Å². The molecule has 4 heteroatoms. The van der Waals surface area contributed by atoms with E-state index in [0.717, 1.165) is 5.56 Å². The van der Waals surface area contributed by atoms with Gasteiger partial charge in [-0.05, 0) is 39.9 Å². The molecule has 1 aliphatic rings. The summed E-state index contributed by atoms with van der Waals surface area (Å²) in [6.07, 6.45) is 0. The van der Waals surface area contributed by atoms with Crippen molar-refractivity contribution in [1.82, 2.24) is 0 Å². The number of hydrogen-bond acceptors (Lipinski definition) is 1. The van der Waals surface area contributed by atoms with Crippen molar-refractivity contribution in [3.63, 3.8) is 0 Å². The highest BCUT2D eigenvalue weighted by Gasteiger charge is 2.46. The van der Waals surface area contributed by atoms with Gasteiger partial charge in [0.05, 0.1) is 14.7 Å². The highest BCUT2D eigenvalue weighted by Crippen LogP contribution is 2.60. The Morgan fingerprint density at radius 1 is 0.840 bits per heavy atom. The van der Waals surface area contributed by atoms with E-state index >= 15 is 0 Å². The molecule has 1 unspecified atom stereocenters. The quantitative estimate of drug-likeness (QED) is 0.479. The molecule has 1 aliphatic carbocycles. The van der Waals surface area contributed by atoms with Crippen LogP contribution < -0.4 is 0 Å². The Hall–Kier alpha value is -1.91. The smallest absolute Gasteiger partial charge is 0.335 e. The summed E-state index contributed by atoms with van der Waals surface area (Å²) in [6.45, 7) is 0. The molecule has 1 N–H and O–H groups in total. The monoisotopic (exact) mass is 456 g/mol. The first-order chi connectivity index (χ1) is 12.0. The molecule has 0 aliphatic heterocycles. The molecule has 0 bridgehead atoms. The fourth-order valence-electron chi connectivity index (χ4n) is 3.51. The Bertz CT molecular complexity index is 918. The van der Waals surface area contributed by atoms with Gasteiger partial charge in [-0.25, -0.2) is 4.79 Å². The van der Waals surface area contributed by atoms with Crippen LogP contribution in [0.1, 0.15) is 31.9 Å². The van der Waals surface area contributed by atoms with Crippen molar-refractivity contribution < 1.29 is 9.90 Å². The van der Waals surface area contributed by atoms with Crippen LogP contribution in [0.25, 0.3) is 11.1 Å². The summed E-state index contributed by atoms with van der Waals surface area (Å²) in [6, 6.07) is 23.8. The molecule has 4 rings (SSSR count). The third kappa shape index (κ3) is 2.47. The lowest BCUT2D eigenvalue weighted by Crippen LogP contribution is -2.22. The lowest BCUT2D eigenvalue weighted by atomic mass is 9.89. The van der Waals surface area contributed by atoms with Crippen LogP contribution in [0.2, 0.25) is 0 Å². The van der Waals surface area contributed by atoms with Gasteiger partial charge in [-0.3, -0.25) is 0 Å². The van der Waals surface area contributed by atoms with Crippen LogP contribution in [-0.2, 0) is 4.32 Å². The van der Waals surface area contributed by atoms with Gasteiger partial charge < -0.3 is 5.11 Å². The number of benzene rings is 3. The molecule has 0 saturated carbocycles. The van der Waals surface area contributed by atoms with E-state index in [4.69, 9.17) is 5.11 Å². The standard InChI is InChI=1S/C21H14Br2O2/c22-19(13-9-11-14(12-10-13)20(24)25)21(23)17-7-3-1-5-15(17)16-6-2-4-8-18(16)21/h1-12,19H,(H,24,25). The number of hydrogen-bond donors (Lipinski definition) is 1. The van der Waals surface area contributed by atoms with E-state index < -0.39 is 10.3 Å². The van der Waals surface area contributed by atoms with Gasteiger partial charge in [0.1, 0.15) is 0 Å². The van der Waals surface area contributed by atoms with Gasteiger partial charge >= 0.3 is 5.97 Å². The number of carbonyl (C=O) groups is 1. The minimum atomic E-state index is -0.914. The molecule has 0 radical (unpaired) electrons. The third-order valence-corrected chi connectivity index (χ3v) is 7.87. The number of carboxylic acid groups (broad SMARTS) is 1. The molecule has 124 valence electrons. The SMILES string of the molecule is O=C(O)c1ccc(C(Br)C2(Br)c3ccccc3-c3ccccc32)cc1. The minimum absolute atomic E-state index is 0.0485. The van der Waals surface area contributed by atoms with Crippen LogP contribution in [0.4, 0.5) is 0 Å². The van der Waals surface area contributed by atoms with E-state index in [1.54, 1.807) is 12.1 Å². The Morgan fingerprint density at radius 2 is 1.32 bits per heavy atom. The van der Waals surface area contributed by atoms with Crippen LogP contribution in [0.5, 0.6) is 0 Å². The van der Waals surface area contributed by atoms with Gasteiger partial charge in [-0.1, -0.05) is 92.5 Å². The highest BCUT2D eigenvalue weighted by atomic mass is 79.9. The van der Waals surface area contributed by atoms with Gasteiger partial charge in [0, 0.05) is 0 Å². The summed E-state index contributed by atoms with van der Waals surface area (Å²) < 4.78 is -0.412. The Kier molecular flexibility index (Phi) is 4.05. The predicted octanol–water partition coefficient (Wildman–Crippen LogP) is 6.14. The van der Waals surface area contributed by atoms with Crippen molar-refractivity contribution in [2.24, 2.45) is 0 Å². The fourth-order valence-corrected chi connectivity index (χ4v) is 5.27. The molecule has 1 atom stereocenters. The number of aromatic carboxylic acids is 1. The third-order valence-electron chi connectivity index (χ3n) is 4.73. The Morgan fingerprint density at radius 3 is 1.80 bits per heavy atom. The van der Waals surface area contributed by atoms with E-state index in [-0.39, 0.29) is 4.83 Å². The maximum Gasteiger partial charge on any atom is 0.335 e. The number of carboxylic acids is 1. The number of alkyl halides is 2. The van der Waals surface area contributed by atoms with Gasteiger partial charge in [0.25, 0.3) is 0 Å². The van der Waals surface area contributed by atoms with E-state index in [0.29, 0.717) is 5.56 Å². The van der Waals surface area contributed by atoms with E-state index in [1.807, 2.05) is 24.3 Å². The summed E-state index contributed by atoms with van der Waals surface area (Å²) in [4.78, 5) is 11.1. The first-order valence-electron chi connectivity index (χ1n) is 7.89. The molecule has 0 heterocycles. The molecule has 0 aromatic heterocycles. The summed E-state index contributed by atoms with van der Waals surface area (Å²) in [7, 11) is 0. The molecule has 0 fully saturated rings. The summed E-state index contributed by atoms with van der Waals surface area (Å²) >= 11 is 7.91. The topological polar surface area (TPSA) is 37.3 Å². The maximum atomic E-state index is 11.1. The molecule has 0 saturated heterocycles. The van der Waals surface area contributed by atoms with Crippen LogP contribution >= 0.6 is 31.9 Å². The second kappa shape index (κ2) is 6.11. The minimum Gasteiger partial charge on any atom is -0.478 e. The van der Waals surface area contributed by atoms with E-state index in [9.17, 15) is 4.79 Å². The molecule has 2 nitrogen and oxygen atoms in total. The molecule has 25 heavy (non-hydrogen) atoms. The zero-order valence-electron chi connectivity index (χ0n) is 13.1. The van der Waals surface area contributed by atoms with Crippen LogP contribution in [0, 0.1) is 0 Å². The van der Waals surface area contributed by atoms with Crippen molar-refractivity contribution in [2.45, 2.75) is 9.15 Å². The number of rotatable bonds is 3. The van der Waals surface area contributed by atoms with Crippen molar-refractivity contribution in [2.75, 3.05) is 0 Å². The second-order valence-corrected chi connectivity index (χ2v) is 8.26. The summed E-state index contributed by atoms with van der Waals surface area (Å²) in [5.41, 5.74) is 6.18. The van der Waals surface area contributed by atoms with Gasteiger partial charge in [-0.2, -0.15) is 0 Å². The van der Waals surface area contributed by atoms with E-state index in [2.05, 4.69) is 68.3 Å². The highest BCUT2D eigenvalue weighted by molar-refractivity contribution is 9.12. The molecule has 3 aromatic carbocycles. The Labute approximate surface area is 162 Å².